The molecule has 1 aromatic carbocycles. The lowest BCUT2D eigenvalue weighted by Gasteiger charge is -2.14. The summed E-state index contributed by atoms with van der Waals surface area (Å²) in [4.78, 5) is 1.37. The molecule has 1 rings (SSSR count). The van der Waals surface area contributed by atoms with Gasteiger partial charge in [0.15, 0.2) is 0 Å². The predicted molar refractivity (Wildman–Crippen MR) is 78.4 cm³/mol. The van der Waals surface area contributed by atoms with Crippen molar-refractivity contribution in [2.45, 2.75) is 51.0 Å². The molecule has 0 aliphatic rings. The molecule has 1 nitrogen and oxygen atoms in total. The van der Waals surface area contributed by atoms with Crippen LogP contribution in [0.5, 0.6) is 0 Å². The van der Waals surface area contributed by atoms with Gasteiger partial charge in [0, 0.05) is 17.2 Å². The SMILES string of the molecule is CCCC(CCC)CSc1cccc(CN)c1. The number of rotatable bonds is 8. The molecular formula is C15H25NS. The first-order chi connectivity index (χ1) is 8.30. The molecule has 2 heteroatoms. The largest absolute Gasteiger partial charge is 0.326 e. The molecule has 0 saturated carbocycles. The summed E-state index contributed by atoms with van der Waals surface area (Å²) in [5.41, 5.74) is 6.89. The van der Waals surface area contributed by atoms with E-state index in [-0.39, 0.29) is 0 Å². The van der Waals surface area contributed by atoms with Crippen LogP contribution in [0.25, 0.3) is 0 Å². The van der Waals surface area contributed by atoms with Gasteiger partial charge in [-0.15, -0.1) is 11.8 Å². The van der Waals surface area contributed by atoms with Gasteiger partial charge < -0.3 is 5.73 Å². The van der Waals surface area contributed by atoms with Crippen molar-refractivity contribution < 1.29 is 0 Å². The van der Waals surface area contributed by atoms with Crippen LogP contribution in [0.2, 0.25) is 0 Å². The van der Waals surface area contributed by atoms with Crippen LogP contribution in [-0.2, 0) is 6.54 Å². The van der Waals surface area contributed by atoms with Crippen LogP contribution < -0.4 is 5.73 Å². The van der Waals surface area contributed by atoms with Crippen molar-refractivity contribution in [2.75, 3.05) is 5.75 Å². The Morgan fingerprint density at radius 2 is 1.88 bits per heavy atom. The fourth-order valence-electron chi connectivity index (χ4n) is 2.10. The van der Waals surface area contributed by atoms with E-state index < -0.39 is 0 Å². The summed E-state index contributed by atoms with van der Waals surface area (Å²) >= 11 is 1.98. The van der Waals surface area contributed by atoms with Gasteiger partial charge in [0.1, 0.15) is 0 Å². The highest BCUT2D eigenvalue weighted by Crippen LogP contribution is 2.25. The molecule has 0 fully saturated rings. The molecule has 0 aliphatic heterocycles. The van der Waals surface area contributed by atoms with Crippen LogP contribution in [0.3, 0.4) is 0 Å². The predicted octanol–water partition coefficient (Wildman–Crippen LogP) is 4.45. The molecule has 0 unspecified atom stereocenters. The number of thioether (sulfide) groups is 1. The second-order valence-electron chi connectivity index (χ2n) is 4.61. The average Bonchev–Trinajstić information content (AvgIpc) is 2.37. The van der Waals surface area contributed by atoms with Crippen LogP contribution in [0, 0.1) is 5.92 Å². The van der Waals surface area contributed by atoms with E-state index in [4.69, 9.17) is 5.73 Å². The Labute approximate surface area is 110 Å². The molecular weight excluding hydrogens is 226 g/mol. The molecule has 0 aliphatic carbocycles. The van der Waals surface area contributed by atoms with Crippen molar-refractivity contribution in [1.82, 2.24) is 0 Å². The van der Waals surface area contributed by atoms with Crippen molar-refractivity contribution in [3.8, 4) is 0 Å². The summed E-state index contributed by atoms with van der Waals surface area (Å²) in [6, 6.07) is 8.62. The van der Waals surface area contributed by atoms with Crippen LogP contribution in [0.15, 0.2) is 29.2 Å². The van der Waals surface area contributed by atoms with Gasteiger partial charge in [-0.2, -0.15) is 0 Å². The maximum absolute atomic E-state index is 5.66. The van der Waals surface area contributed by atoms with Crippen molar-refractivity contribution in [3.63, 3.8) is 0 Å². The highest BCUT2D eigenvalue weighted by molar-refractivity contribution is 7.99. The van der Waals surface area contributed by atoms with E-state index in [0.717, 1.165) is 5.92 Å². The third-order valence-corrected chi connectivity index (χ3v) is 4.24. The van der Waals surface area contributed by atoms with E-state index >= 15 is 0 Å². The molecule has 17 heavy (non-hydrogen) atoms. The van der Waals surface area contributed by atoms with E-state index in [2.05, 4.69) is 38.1 Å². The summed E-state index contributed by atoms with van der Waals surface area (Å²) < 4.78 is 0. The molecule has 0 atom stereocenters. The monoisotopic (exact) mass is 251 g/mol. The van der Waals surface area contributed by atoms with E-state index in [1.54, 1.807) is 0 Å². The summed E-state index contributed by atoms with van der Waals surface area (Å²) in [5, 5.41) is 0. The Hall–Kier alpha value is -0.470. The molecule has 0 bridgehead atoms. The number of hydrogen-bond donors (Lipinski definition) is 1. The Morgan fingerprint density at radius 3 is 2.47 bits per heavy atom. The van der Waals surface area contributed by atoms with Gasteiger partial charge in [0.25, 0.3) is 0 Å². The van der Waals surface area contributed by atoms with Gasteiger partial charge in [-0.1, -0.05) is 38.8 Å². The van der Waals surface area contributed by atoms with Gasteiger partial charge in [-0.3, -0.25) is 0 Å². The molecule has 0 heterocycles. The maximum atomic E-state index is 5.66. The van der Waals surface area contributed by atoms with Crippen LogP contribution in [0.4, 0.5) is 0 Å². The minimum Gasteiger partial charge on any atom is -0.326 e. The zero-order valence-corrected chi connectivity index (χ0v) is 11.9. The summed E-state index contributed by atoms with van der Waals surface area (Å²) in [6.07, 6.45) is 5.32. The van der Waals surface area contributed by atoms with E-state index in [0.29, 0.717) is 6.54 Å². The third kappa shape index (κ3) is 5.60. The Kier molecular flexibility index (Phi) is 7.38. The van der Waals surface area contributed by atoms with Gasteiger partial charge >= 0.3 is 0 Å². The first-order valence-electron chi connectivity index (χ1n) is 6.71. The van der Waals surface area contributed by atoms with Gasteiger partial charge in [-0.25, -0.2) is 0 Å². The summed E-state index contributed by atoms with van der Waals surface area (Å²) in [5.74, 6) is 2.12. The van der Waals surface area contributed by atoms with Gasteiger partial charge in [0.2, 0.25) is 0 Å². The van der Waals surface area contributed by atoms with Crippen molar-refractivity contribution in [2.24, 2.45) is 11.7 Å². The van der Waals surface area contributed by atoms with Crippen LogP contribution in [-0.4, -0.2) is 5.75 Å². The van der Waals surface area contributed by atoms with Crippen LogP contribution >= 0.6 is 11.8 Å². The molecule has 0 radical (unpaired) electrons. The molecule has 0 spiro atoms. The smallest absolute Gasteiger partial charge is 0.0178 e. The first-order valence-corrected chi connectivity index (χ1v) is 7.70. The zero-order chi connectivity index (χ0) is 12.5. The third-order valence-electron chi connectivity index (χ3n) is 3.01. The average molecular weight is 251 g/mol. The standard InChI is InChI=1S/C15H25NS/c1-3-6-13(7-4-2)12-17-15-9-5-8-14(10-15)11-16/h5,8-10,13H,3-4,6-7,11-12,16H2,1-2H3. The van der Waals surface area contributed by atoms with E-state index in [1.807, 2.05) is 11.8 Å². The number of benzene rings is 1. The molecule has 1 aromatic rings. The van der Waals surface area contributed by atoms with Crippen LogP contribution in [0.1, 0.15) is 45.1 Å². The second kappa shape index (κ2) is 8.60. The number of nitrogens with two attached hydrogens (primary N) is 1. The fraction of sp³-hybridized carbons (Fsp3) is 0.600. The van der Waals surface area contributed by atoms with Gasteiger partial charge in [-0.05, 0) is 36.5 Å². The summed E-state index contributed by atoms with van der Waals surface area (Å²) in [6.45, 7) is 5.20. The minimum atomic E-state index is 0.641. The highest BCUT2D eigenvalue weighted by atomic mass is 32.2. The normalized spacial score (nSPS) is 11.1. The fourth-order valence-corrected chi connectivity index (χ4v) is 3.27. The first kappa shape index (κ1) is 14.6. The van der Waals surface area contributed by atoms with Crippen molar-refractivity contribution in [1.29, 1.82) is 0 Å². The van der Waals surface area contributed by atoms with Crippen molar-refractivity contribution >= 4 is 11.8 Å². The molecule has 0 amide bonds. The molecule has 0 saturated heterocycles. The second-order valence-corrected chi connectivity index (χ2v) is 5.70. The molecule has 96 valence electrons. The quantitative estimate of drug-likeness (QED) is 0.691. The Bertz CT molecular complexity index is 306. The van der Waals surface area contributed by atoms with Gasteiger partial charge in [0.05, 0.1) is 0 Å². The van der Waals surface area contributed by atoms with Crippen molar-refractivity contribution in [3.05, 3.63) is 29.8 Å². The summed E-state index contributed by atoms with van der Waals surface area (Å²) in [7, 11) is 0. The van der Waals surface area contributed by atoms with E-state index in [9.17, 15) is 0 Å². The maximum Gasteiger partial charge on any atom is 0.0178 e. The Balaban J connectivity index is 2.46. The lowest BCUT2D eigenvalue weighted by atomic mass is 10.0. The Morgan fingerprint density at radius 1 is 1.18 bits per heavy atom. The number of hydrogen-bond acceptors (Lipinski definition) is 2. The molecule has 2 N–H and O–H groups in total. The molecule has 0 aromatic heterocycles. The zero-order valence-electron chi connectivity index (χ0n) is 11.1. The lowest BCUT2D eigenvalue weighted by Crippen LogP contribution is -2.03. The van der Waals surface area contributed by atoms with E-state index in [1.165, 1.54) is 41.9 Å². The minimum absolute atomic E-state index is 0.641. The topological polar surface area (TPSA) is 26.0 Å². The highest BCUT2D eigenvalue weighted by Gasteiger charge is 2.07. The lowest BCUT2D eigenvalue weighted by molar-refractivity contribution is 0.488.